The minimum atomic E-state index is -0.698. The van der Waals surface area contributed by atoms with Crippen molar-refractivity contribution < 1.29 is 14.3 Å². The Morgan fingerprint density at radius 1 is 1.40 bits per heavy atom. The van der Waals surface area contributed by atoms with E-state index in [1.54, 1.807) is 0 Å². The van der Waals surface area contributed by atoms with Crippen LogP contribution in [-0.2, 0) is 4.74 Å². The third-order valence-corrected chi connectivity index (χ3v) is 2.73. The number of amides is 1. The van der Waals surface area contributed by atoms with E-state index in [0.29, 0.717) is 6.42 Å². The Hall–Kier alpha value is -2.35. The molecule has 0 aromatic carbocycles. The molecular weight excluding hydrogens is 256 g/mol. The topological polar surface area (TPSA) is 82.3 Å². The molecule has 1 aromatic rings. The fourth-order valence-electron chi connectivity index (χ4n) is 1.51. The average molecular weight is 274 g/mol. The molecule has 0 radical (unpaired) electrons. The summed E-state index contributed by atoms with van der Waals surface area (Å²) < 4.78 is 5.38. The molecule has 20 heavy (non-hydrogen) atoms. The van der Waals surface area contributed by atoms with Crippen molar-refractivity contribution >= 4 is 11.9 Å². The number of nitrogens with two attached hydrogens (primary N) is 1. The van der Waals surface area contributed by atoms with Gasteiger partial charge in [-0.3, -0.25) is 4.79 Å². The highest BCUT2D eigenvalue weighted by atomic mass is 16.5. The maximum Gasteiger partial charge on any atom is 0.357 e. The largest absolute Gasteiger partial charge is 0.456 e. The number of ether oxygens (including phenoxy) is 1. The number of hydrogen-bond donors (Lipinski definition) is 1. The van der Waals surface area contributed by atoms with Crippen LogP contribution in [0.4, 0.5) is 0 Å². The van der Waals surface area contributed by atoms with Gasteiger partial charge in [-0.1, -0.05) is 26.8 Å². The average Bonchev–Trinajstić information content (AvgIpc) is 2.37. The highest BCUT2D eigenvalue weighted by molar-refractivity contribution is 5.93. The molecule has 1 aromatic heterocycles. The van der Waals surface area contributed by atoms with E-state index >= 15 is 0 Å². The molecule has 106 valence electrons. The van der Waals surface area contributed by atoms with E-state index in [0.717, 1.165) is 0 Å². The lowest BCUT2D eigenvalue weighted by molar-refractivity contribution is -0.00114. The molecule has 1 atom stereocenters. The van der Waals surface area contributed by atoms with Gasteiger partial charge in [0.2, 0.25) is 0 Å². The third kappa shape index (κ3) is 4.09. The molecule has 0 bridgehead atoms. The van der Waals surface area contributed by atoms with Crippen LogP contribution < -0.4 is 5.73 Å². The first-order valence-electron chi connectivity index (χ1n) is 6.17. The predicted molar refractivity (Wildman–Crippen MR) is 74.9 cm³/mol. The summed E-state index contributed by atoms with van der Waals surface area (Å²) in [7, 11) is 0. The number of carbonyl (C=O) groups is 2. The molecule has 5 heteroatoms. The Morgan fingerprint density at radius 3 is 2.50 bits per heavy atom. The SMILES string of the molecule is C#CC[C@H](OC(=O)c1cccc(C(N)=O)n1)C(C)(C)C. The summed E-state index contributed by atoms with van der Waals surface area (Å²) >= 11 is 0. The maximum absolute atomic E-state index is 12.0. The number of hydrogen-bond acceptors (Lipinski definition) is 4. The summed E-state index contributed by atoms with van der Waals surface area (Å²) in [6.45, 7) is 5.78. The van der Waals surface area contributed by atoms with Gasteiger partial charge in [-0.25, -0.2) is 9.78 Å². The van der Waals surface area contributed by atoms with Gasteiger partial charge in [-0.15, -0.1) is 12.3 Å². The number of aromatic nitrogens is 1. The van der Waals surface area contributed by atoms with Crippen molar-refractivity contribution in [1.82, 2.24) is 4.98 Å². The number of pyridine rings is 1. The Balaban J connectivity index is 2.92. The van der Waals surface area contributed by atoms with Gasteiger partial charge < -0.3 is 10.5 Å². The summed E-state index contributed by atoms with van der Waals surface area (Å²) in [5, 5.41) is 0. The monoisotopic (exact) mass is 274 g/mol. The summed E-state index contributed by atoms with van der Waals surface area (Å²) in [5.74, 6) is 1.17. The quantitative estimate of drug-likeness (QED) is 0.670. The van der Waals surface area contributed by atoms with Gasteiger partial charge in [-0.2, -0.15) is 0 Å². The molecule has 0 saturated carbocycles. The number of nitrogens with zero attached hydrogens (tertiary/aromatic N) is 1. The molecule has 0 saturated heterocycles. The Labute approximate surface area is 118 Å². The van der Waals surface area contributed by atoms with Gasteiger partial charge in [0.05, 0.1) is 0 Å². The molecule has 0 aliphatic carbocycles. The molecule has 1 rings (SSSR count). The molecule has 0 unspecified atom stereocenters. The van der Waals surface area contributed by atoms with Crippen LogP contribution in [-0.4, -0.2) is 23.0 Å². The van der Waals surface area contributed by atoms with Crippen molar-refractivity contribution in [2.75, 3.05) is 0 Å². The van der Waals surface area contributed by atoms with Crippen molar-refractivity contribution in [1.29, 1.82) is 0 Å². The second kappa shape index (κ2) is 6.20. The fourth-order valence-corrected chi connectivity index (χ4v) is 1.51. The smallest absolute Gasteiger partial charge is 0.357 e. The summed E-state index contributed by atoms with van der Waals surface area (Å²) in [6, 6.07) is 4.42. The molecule has 0 spiro atoms. The van der Waals surface area contributed by atoms with Crippen molar-refractivity contribution in [2.45, 2.75) is 33.3 Å². The van der Waals surface area contributed by atoms with Crippen molar-refractivity contribution in [3.63, 3.8) is 0 Å². The summed E-state index contributed by atoms with van der Waals surface area (Å²) in [5.41, 5.74) is 4.88. The van der Waals surface area contributed by atoms with Gasteiger partial charge in [0.25, 0.3) is 5.91 Å². The van der Waals surface area contributed by atoms with E-state index in [1.165, 1.54) is 18.2 Å². The molecule has 0 aliphatic rings. The Morgan fingerprint density at radius 2 is 2.00 bits per heavy atom. The second-order valence-electron chi connectivity index (χ2n) is 5.44. The van der Waals surface area contributed by atoms with Crippen LogP contribution in [0.25, 0.3) is 0 Å². The van der Waals surface area contributed by atoms with E-state index < -0.39 is 18.0 Å². The molecule has 0 aliphatic heterocycles. The van der Waals surface area contributed by atoms with E-state index in [1.807, 2.05) is 20.8 Å². The molecule has 5 nitrogen and oxygen atoms in total. The van der Waals surface area contributed by atoms with Crippen LogP contribution in [0.1, 0.15) is 48.2 Å². The summed E-state index contributed by atoms with van der Waals surface area (Å²) in [6.07, 6.45) is 5.17. The molecule has 2 N–H and O–H groups in total. The van der Waals surface area contributed by atoms with Crippen LogP contribution in [0.2, 0.25) is 0 Å². The van der Waals surface area contributed by atoms with Crippen LogP contribution in [0, 0.1) is 17.8 Å². The van der Waals surface area contributed by atoms with Crippen molar-refractivity contribution in [3.8, 4) is 12.3 Å². The minimum absolute atomic E-state index is 0.0173. The highest BCUT2D eigenvalue weighted by Crippen LogP contribution is 2.25. The number of carbonyl (C=O) groups excluding carboxylic acids is 2. The Bertz CT molecular complexity index is 553. The molecule has 0 fully saturated rings. The third-order valence-electron chi connectivity index (χ3n) is 2.73. The van der Waals surface area contributed by atoms with Gasteiger partial charge >= 0.3 is 5.97 Å². The maximum atomic E-state index is 12.0. The zero-order chi connectivity index (χ0) is 15.3. The molecular formula is C15H18N2O3. The van der Waals surface area contributed by atoms with Crippen LogP contribution in [0.5, 0.6) is 0 Å². The summed E-state index contributed by atoms with van der Waals surface area (Å²) in [4.78, 5) is 27.0. The van der Waals surface area contributed by atoms with Crippen LogP contribution >= 0.6 is 0 Å². The minimum Gasteiger partial charge on any atom is -0.456 e. The lowest BCUT2D eigenvalue weighted by Crippen LogP contribution is -2.31. The molecule has 1 amide bonds. The molecule has 1 heterocycles. The zero-order valence-corrected chi connectivity index (χ0v) is 11.8. The van der Waals surface area contributed by atoms with E-state index in [2.05, 4.69) is 10.9 Å². The van der Waals surface area contributed by atoms with Gasteiger partial charge in [0, 0.05) is 6.42 Å². The lowest BCUT2D eigenvalue weighted by atomic mass is 9.87. The zero-order valence-electron chi connectivity index (χ0n) is 11.8. The first kappa shape index (κ1) is 15.7. The van der Waals surface area contributed by atoms with Crippen molar-refractivity contribution in [2.24, 2.45) is 11.1 Å². The first-order valence-corrected chi connectivity index (χ1v) is 6.17. The number of esters is 1. The normalized spacial score (nSPS) is 12.3. The van der Waals surface area contributed by atoms with E-state index in [-0.39, 0.29) is 16.8 Å². The first-order chi connectivity index (χ1) is 9.25. The van der Waals surface area contributed by atoms with Crippen molar-refractivity contribution in [3.05, 3.63) is 29.6 Å². The second-order valence-corrected chi connectivity index (χ2v) is 5.44. The number of terminal acetylenes is 1. The van der Waals surface area contributed by atoms with Crippen LogP contribution in [0.15, 0.2) is 18.2 Å². The lowest BCUT2D eigenvalue weighted by Gasteiger charge is -2.28. The highest BCUT2D eigenvalue weighted by Gasteiger charge is 2.28. The van der Waals surface area contributed by atoms with E-state index in [4.69, 9.17) is 16.9 Å². The van der Waals surface area contributed by atoms with Crippen LogP contribution in [0.3, 0.4) is 0 Å². The predicted octanol–water partition coefficient (Wildman–Crippen LogP) is 1.78. The number of primary amides is 1. The van der Waals surface area contributed by atoms with Gasteiger partial charge in [-0.05, 0) is 17.5 Å². The fraction of sp³-hybridized carbons (Fsp3) is 0.400. The van der Waals surface area contributed by atoms with Gasteiger partial charge in [0.15, 0.2) is 0 Å². The Kier molecular flexibility index (Phi) is 4.87. The van der Waals surface area contributed by atoms with E-state index in [9.17, 15) is 9.59 Å². The van der Waals surface area contributed by atoms with Gasteiger partial charge in [0.1, 0.15) is 17.5 Å². The number of rotatable bonds is 4. The standard InChI is InChI=1S/C15H18N2O3/c1-5-7-12(15(2,3)4)20-14(19)11-9-6-8-10(17-11)13(16)18/h1,6,8-9,12H,7H2,2-4H3,(H2,16,18)/t12-/m0/s1.